The number of nitrogens with zero attached hydrogens (tertiary/aromatic N) is 2. The second-order valence-electron chi connectivity index (χ2n) is 4.16. The molecule has 21 heavy (non-hydrogen) atoms. The second-order valence-corrected chi connectivity index (χ2v) is 5.84. The van der Waals surface area contributed by atoms with Crippen LogP contribution in [0.15, 0.2) is 41.3 Å². The van der Waals surface area contributed by atoms with E-state index in [4.69, 9.17) is 0 Å². The largest absolute Gasteiger partial charge is 0.273 e. The van der Waals surface area contributed by atoms with Gasteiger partial charge in [-0.1, -0.05) is 12.1 Å². The molecule has 0 aliphatic heterocycles. The summed E-state index contributed by atoms with van der Waals surface area (Å²) in [6.07, 6.45) is 0. The van der Waals surface area contributed by atoms with Crippen LogP contribution in [0.25, 0.3) is 0 Å². The van der Waals surface area contributed by atoms with Gasteiger partial charge >= 0.3 is 0 Å². The summed E-state index contributed by atoms with van der Waals surface area (Å²) in [7, 11) is -4.09. The van der Waals surface area contributed by atoms with Gasteiger partial charge in [0.05, 0.1) is 9.82 Å². The Kier molecular flexibility index (Phi) is 3.85. The molecular formula is C12H10FN3O4S. The molecule has 0 unspecified atom stereocenters. The van der Waals surface area contributed by atoms with Crippen LogP contribution >= 0.6 is 0 Å². The lowest BCUT2D eigenvalue weighted by Gasteiger charge is -2.07. The van der Waals surface area contributed by atoms with E-state index in [1.54, 1.807) is 0 Å². The van der Waals surface area contributed by atoms with Crippen LogP contribution in [0.2, 0.25) is 0 Å². The van der Waals surface area contributed by atoms with Crippen LogP contribution in [-0.2, 0) is 10.0 Å². The highest BCUT2D eigenvalue weighted by Gasteiger charge is 2.20. The van der Waals surface area contributed by atoms with Crippen molar-refractivity contribution >= 4 is 21.5 Å². The zero-order valence-corrected chi connectivity index (χ0v) is 11.6. The topological polar surface area (TPSA) is 102 Å². The van der Waals surface area contributed by atoms with E-state index in [-0.39, 0.29) is 16.4 Å². The van der Waals surface area contributed by atoms with Gasteiger partial charge < -0.3 is 0 Å². The summed E-state index contributed by atoms with van der Waals surface area (Å²) in [5.74, 6) is -1.05. The normalized spacial score (nSPS) is 11.1. The Balaban J connectivity index is 2.40. The van der Waals surface area contributed by atoms with Crippen molar-refractivity contribution in [3.8, 4) is 0 Å². The number of pyridine rings is 1. The first kappa shape index (κ1) is 14.9. The molecule has 0 aliphatic rings. The van der Waals surface area contributed by atoms with Crippen molar-refractivity contribution < 1.29 is 17.7 Å². The fourth-order valence-corrected chi connectivity index (χ4v) is 2.64. The maximum absolute atomic E-state index is 12.9. The van der Waals surface area contributed by atoms with Crippen LogP contribution in [0.3, 0.4) is 0 Å². The van der Waals surface area contributed by atoms with Gasteiger partial charge in [-0.3, -0.25) is 14.8 Å². The summed E-state index contributed by atoms with van der Waals surface area (Å²) in [4.78, 5) is 13.2. The summed E-state index contributed by atoms with van der Waals surface area (Å²) in [5, 5.41) is 10.8. The molecule has 0 spiro atoms. The fourth-order valence-electron chi connectivity index (χ4n) is 1.61. The zero-order valence-electron chi connectivity index (χ0n) is 10.8. The molecule has 0 atom stereocenters. The lowest BCUT2D eigenvalue weighted by Crippen LogP contribution is -2.14. The number of sulfonamides is 1. The number of anilines is 1. The molecule has 1 N–H and O–H groups in total. The Labute approximate surface area is 119 Å². The summed E-state index contributed by atoms with van der Waals surface area (Å²) in [6, 6.07) is 7.11. The molecule has 1 heterocycles. The molecule has 0 saturated heterocycles. The van der Waals surface area contributed by atoms with Gasteiger partial charge in [0, 0.05) is 11.6 Å². The quantitative estimate of drug-likeness (QED) is 0.530. The second kappa shape index (κ2) is 5.44. The molecule has 7 nitrogen and oxygen atoms in total. The molecule has 0 saturated carbocycles. The molecule has 0 fully saturated rings. The molecule has 0 amide bonds. The predicted octanol–water partition coefficient (Wildman–Crippen LogP) is 2.24. The first-order valence-electron chi connectivity index (χ1n) is 5.70. The number of aromatic nitrogens is 1. The lowest BCUT2D eigenvalue weighted by molar-refractivity contribution is -0.385. The molecule has 1 aromatic carbocycles. The first-order valence-corrected chi connectivity index (χ1v) is 7.18. The number of benzene rings is 1. The van der Waals surface area contributed by atoms with Crippen molar-refractivity contribution in [2.75, 3.05) is 4.72 Å². The first-order chi connectivity index (χ1) is 9.79. The summed E-state index contributed by atoms with van der Waals surface area (Å²) >= 11 is 0. The Morgan fingerprint density at radius 1 is 1.29 bits per heavy atom. The van der Waals surface area contributed by atoms with Gasteiger partial charge in [-0.15, -0.1) is 0 Å². The molecule has 0 aliphatic carbocycles. The third kappa shape index (κ3) is 3.31. The van der Waals surface area contributed by atoms with E-state index in [1.165, 1.54) is 31.2 Å². The summed E-state index contributed by atoms with van der Waals surface area (Å²) in [5.41, 5.74) is 0.0212. The number of halogens is 1. The van der Waals surface area contributed by atoms with Crippen molar-refractivity contribution in [2.24, 2.45) is 0 Å². The van der Waals surface area contributed by atoms with E-state index in [0.717, 1.165) is 12.1 Å². The number of hydrogen-bond donors (Lipinski definition) is 1. The van der Waals surface area contributed by atoms with E-state index in [9.17, 15) is 22.9 Å². The summed E-state index contributed by atoms with van der Waals surface area (Å²) in [6.45, 7) is 1.50. The maximum Gasteiger partial charge on any atom is 0.273 e. The highest BCUT2D eigenvalue weighted by molar-refractivity contribution is 7.92. The van der Waals surface area contributed by atoms with E-state index >= 15 is 0 Å². The summed E-state index contributed by atoms with van der Waals surface area (Å²) < 4.78 is 39.2. The number of nitro groups is 1. The Morgan fingerprint density at radius 2 is 2.00 bits per heavy atom. The third-order valence-electron chi connectivity index (χ3n) is 2.64. The van der Waals surface area contributed by atoms with Crippen LogP contribution in [0.4, 0.5) is 15.9 Å². The average Bonchev–Trinajstić information content (AvgIpc) is 2.38. The number of rotatable bonds is 4. The minimum absolute atomic E-state index is 0.210. The van der Waals surface area contributed by atoms with Crippen molar-refractivity contribution in [1.29, 1.82) is 0 Å². The molecule has 0 radical (unpaired) electrons. The highest BCUT2D eigenvalue weighted by Crippen LogP contribution is 2.23. The van der Waals surface area contributed by atoms with E-state index in [0.29, 0.717) is 5.56 Å². The minimum atomic E-state index is -4.09. The van der Waals surface area contributed by atoms with Gasteiger partial charge in [-0.05, 0) is 25.1 Å². The van der Waals surface area contributed by atoms with Crippen molar-refractivity contribution in [3.05, 3.63) is 58.0 Å². The van der Waals surface area contributed by atoms with Crippen LogP contribution < -0.4 is 4.72 Å². The molecule has 2 rings (SSSR count). The molecule has 0 bridgehead atoms. The SMILES string of the molecule is Cc1ccc(S(=O)(=O)Nc2cccc(F)n2)cc1[N+](=O)[O-]. The molecule has 1 aromatic heterocycles. The standard InChI is InChI=1S/C12H10FN3O4S/c1-8-5-6-9(7-10(8)16(17)18)21(19,20)15-12-4-2-3-11(13)14-12/h2-7H,1H3,(H,14,15). The zero-order chi connectivity index (χ0) is 15.6. The Bertz CT molecular complexity index is 808. The predicted molar refractivity (Wildman–Crippen MR) is 72.8 cm³/mol. The Morgan fingerprint density at radius 3 is 2.62 bits per heavy atom. The monoisotopic (exact) mass is 311 g/mol. The van der Waals surface area contributed by atoms with Crippen LogP contribution in [0.5, 0.6) is 0 Å². The lowest BCUT2D eigenvalue weighted by atomic mass is 10.2. The van der Waals surface area contributed by atoms with Crippen LogP contribution in [0.1, 0.15) is 5.56 Å². The number of aryl methyl sites for hydroxylation is 1. The maximum atomic E-state index is 12.9. The molecular weight excluding hydrogens is 301 g/mol. The van der Waals surface area contributed by atoms with Gasteiger partial charge in [0.15, 0.2) is 0 Å². The van der Waals surface area contributed by atoms with Gasteiger partial charge in [0.25, 0.3) is 15.7 Å². The third-order valence-corrected chi connectivity index (χ3v) is 3.99. The van der Waals surface area contributed by atoms with Crippen molar-refractivity contribution in [2.45, 2.75) is 11.8 Å². The highest BCUT2D eigenvalue weighted by atomic mass is 32.2. The number of nitrogens with one attached hydrogen (secondary N) is 1. The molecule has 110 valence electrons. The van der Waals surface area contributed by atoms with Gasteiger partial charge in [0.2, 0.25) is 5.95 Å². The smallest absolute Gasteiger partial charge is 0.263 e. The van der Waals surface area contributed by atoms with Crippen LogP contribution in [0, 0.1) is 23.0 Å². The van der Waals surface area contributed by atoms with Gasteiger partial charge in [-0.2, -0.15) is 4.39 Å². The van der Waals surface area contributed by atoms with Crippen molar-refractivity contribution in [1.82, 2.24) is 4.98 Å². The molecule has 2 aromatic rings. The van der Waals surface area contributed by atoms with Gasteiger partial charge in [-0.25, -0.2) is 13.4 Å². The minimum Gasteiger partial charge on any atom is -0.263 e. The van der Waals surface area contributed by atoms with E-state index < -0.39 is 20.9 Å². The van der Waals surface area contributed by atoms with Crippen molar-refractivity contribution in [3.63, 3.8) is 0 Å². The van der Waals surface area contributed by atoms with Crippen LogP contribution in [-0.4, -0.2) is 18.3 Å². The number of hydrogen-bond acceptors (Lipinski definition) is 5. The van der Waals surface area contributed by atoms with E-state index in [1.807, 2.05) is 0 Å². The Hall–Kier alpha value is -2.55. The average molecular weight is 311 g/mol. The number of nitro benzene ring substituents is 1. The fraction of sp³-hybridized carbons (Fsp3) is 0.0833. The van der Waals surface area contributed by atoms with Gasteiger partial charge in [0.1, 0.15) is 5.82 Å². The molecule has 9 heteroatoms. The van der Waals surface area contributed by atoms with E-state index in [2.05, 4.69) is 9.71 Å².